The van der Waals surface area contributed by atoms with Gasteiger partial charge in [0, 0.05) is 14.1 Å². The minimum atomic E-state index is -3.93. The van der Waals surface area contributed by atoms with Gasteiger partial charge in [0.25, 0.3) is 10.0 Å². The highest BCUT2D eigenvalue weighted by atomic mass is 35.5. The van der Waals surface area contributed by atoms with Gasteiger partial charge in [0.05, 0.1) is 26.6 Å². The van der Waals surface area contributed by atoms with E-state index in [0.29, 0.717) is 11.0 Å². The summed E-state index contributed by atoms with van der Waals surface area (Å²) in [5.41, 5.74) is 0.523. The largest absolute Gasteiger partial charge is 0.316 e. The van der Waals surface area contributed by atoms with Crippen molar-refractivity contribution in [3.8, 4) is 0 Å². The third-order valence-electron chi connectivity index (χ3n) is 4.14. The fourth-order valence-corrected chi connectivity index (χ4v) is 4.07. The summed E-state index contributed by atoms with van der Waals surface area (Å²) in [4.78, 5) is 23.8. The zero-order valence-corrected chi connectivity index (χ0v) is 15.9. The van der Waals surface area contributed by atoms with E-state index in [1.807, 2.05) is 6.92 Å². The first-order valence-corrected chi connectivity index (χ1v) is 9.46. The number of fused-ring (bicyclic) bond motifs is 1. The minimum Gasteiger partial charge on any atom is -0.305 e. The summed E-state index contributed by atoms with van der Waals surface area (Å²) in [6.45, 7) is 1.85. The van der Waals surface area contributed by atoms with Gasteiger partial charge >= 0.3 is 11.1 Å². The van der Waals surface area contributed by atoms with E-state index in [9.17, 15) is 18.0 Å². The lowest BCUT2D eigenvalue weighted by Crippen LogP contribution is -2.39. The van der Waals surface area contributed by atoms with E-state index in [-0.39, 0.29) is 15.6 Å². The lowest BCUT2D eigenvalue weighted by atomic mass is 10.2. The van der Waals surface area contributed by atoms with Gasteiger partial charge in [-0.3, -0.25) is 14.3 Å². The van der Waals surface area contributed by atoms with Crippen molar-refractivity contribution in [2.45, 2.75) is 11.8 Å². The molecule has 0 amide bonds. The van der Waals surface area contributed by atoms with Crippen molar-refractivity contribution in [1.82, 2.24) is 9.13 Å². The fraction of sp³-hybridized carbons (Fsp3) is 0.176. The highest BCUT2D eigenvalue weighted by Gasteiger charge is 2.18. The van der Waals surface area contributed by atoms with Crippen molar-refractivity contribution in [3.63, 3.8) is 0 Å². The molecule has 0 bridgehead atoms. The molecule has 0 aliphatic heterocycles. The lowest BCUT2D eigenvalue weighted by Gasteiger charge is -2.13. The van der Waals surface area contributed by atoms with Crippen LogP contribution in [0.15, 0.2) is 50.9 Å². The van der Waals surface area contributed by atoms with Gasteiger partial charge in [0.1, 0.15) is 0 Å². The summed E-state index contributed by atoms with van der Waals surface area (Å²) in [6, 6.07) is 9.18. The molecule has 7 nitrogen and oxygen atoms in total. The Balaban J connectivity index is 2.15. The summed E-state index contributed by atoms with van der Waals surface area (Å²) in [6.07, 6.45) is 0. The van der Waals surface area contributed by atoms with E-state index in [1.165, 1.54) is 36.9 Å². The quantitative estimate of drug-likeness (QED) is 0.689. The number of aryl methyl sites for hydroxylation is 3. The third-order valence-corrected chi connectivity index (χ3v) is 5.82. The first-order chi connectivity index (χ1) is 12.1. The zero-order valence-electron chi connectivity index (χ0n) is 14.3. The molecule has 0 aliphatic rings. The van der Waals surface area contributed by atoms with E-state index in [2.05, 4.69) is 4.72 Å². The molecular weight excluding hydrogens is 378 g/mol. The van der Waals surface area contributed by atoms with E-state index in [0.717, 1.165) is 10.1 Å². The maximum absolute atomic E-state index is 12.7. The number of nitrogens with zero attached hydrogens (tertiary/aromatic N) is 2. The summed E-state index contributed by atoms with van der Waals surface area (Å²) >= 11 is 6.09. The second kappa shape index (κ2) is 6.30. The normalized spacial score (nSPS) is 11.7. The van der Waals surface area contributed by atoms with Crippen LogP contribution in [-0.4, -0.2) is 17.6 Å². The van der Waals surface area contributed by atoms with Gasteiger partial charge in [-0.15, -0.1) is 0 Å². The van der Waals surface area contributed by atoms with Crippen LogP contribution in [-0.2, 0) is 24.1 Å². The number of hydrogen-bond acceptors (Lipinski definition) is 4. The molecule has 0 saturated carbocycles. The average Bonchev–Trinajstić information content (AvgIpc) is 2.60. The van der Waals surface area contributed by atoms with Crippen LogP contribution in [0.2, 0.25) is 5.02 Å². The second-order valence-electron chi connectivity index (χ2n) is 5.97. The van der Waals surface area contributed by atoms with Crippen LogP contribution in [0.3, 0.4) is 0 Å². The Morgan fingerprint density at radius 2 is 1.54 bits per heavy atom. The molecule has 0 radical (unpaired) electrons. The first-order valence-electron chi connectivity index (χ1n) is 7.60. The van der Waals surface area contributed by atoms with Gasteiger partial charge in [-0.1, -0.05) is 17.7 Å². The molecule has 0 fully saturated rings. The molecule has 0 atom stereocenters. The molecule has 136 valence electrons. The van der Waals surface area contributed by atoms with Crippen LogP contribution in [0, 0.1) is 6.92 Å². The van der Waals surface area contributed by atoms with Crippen molar-refractivity contribution in [1.29, 1.82) is 0 Å². The van der Waals surface area contributed by atoms with Crippen molar-refractivity contribution >= 4 is 38.3 Å². The van der Waals surface area contributed by atoms with E-state index in [1.54, 1.807) is 18.2 Å². The Labute approximate surface area is 154 Å². The Hall–Kier alpha value is -2.58. The predicted molar refractivity (Wildman–Crippen MR) is 101 cm³/mol. The number of nitrogens with one attached hydrogen (secondary N) is 1. The van der Waals surface area contributed by atoms with Gasteiger partial charge in [-0.2, -0.15) is 0 Å². The molecule has 3 rings (SSSR count). The first kappa shape index (κ1) is 18.2. The lowest BCUT2D eigenvalue weighted by molar-refractivity contribution is 0.601. The van der Waals surface area contributed by atoms with E-state index in [4.69, 9.17) is 11.6 Å². The molecular formula is C17H16ClN3O4S. The number of aromatic nitrogens is 2. The van der Waals surface area contributed by atoms with Crippen LogP contribution in [0.25, 0.3) is 11.0 Å². The monoisotopic (exact) mass is 393 g/mol. The molecule has 26 heavy (non-hydrogen) atoms. The Kier molecular flexibility index (Phi) is 4.41. The molecule has 0 unspecified atom stereocenters. The number of sulfonamides is 1. The van der Waals surface area contributed by atoms with Gasteiger partial charge < -0.3 is 9.13 Å². The van der Waals surface area contributed by atoms with Crippen molar-refractivity contribution in [3.05, 3.63) is 67.7 Å². The van der Waals surface area contributed by atoms with Crippen LogP contribution < -0.4 is 15.8 Å². The van der Waals surface area contributed by atoms with Crippen LogP contribution in [0.5, 0.6) is 0 Å². The summed E-state index contributed by atoms with van der Waals surface area (Å²) in [7, 11) is -1.04. The molecule has 1 N–H and O–H groups in total. The molecule has 0 spiro atoms. The van der Waals surface area contributed by atoms with Gasteiger partial charge in [0.2, 0.25) is 0 Å². The number of hydrogen-bond donors (Lipinski definition) is 1. The van der Waals surface area contributed by atoms with Crippen molar-refractivity contribution in [2.24, 2.45) is 14.1 Å². The fourth-order valence-electron chi connectivity index (χ4n) is 2.64. The molecule has 1 heterocycles. The molecule has 2 aromatic carbocycles. The smallest absolute Gasteiger partial charge is 0.305 e. The highest BCUT2D eigenvalue weighted by Crippen LogP contribution is 2.26. The maximum atomic E-state index is 12.7. The van der Waals surface area contributed by atoms with Gasteiger partial charge in [-0.05, 0) is 42.8 Å². The van der Waals surface area contributed by atoms with E-state index >= 15 is 0 Å². The van der Waals surface area contributed by atoms with Crippen LogP contribution in [0.1, 0.15) is 5.56 Å². The van der Waals surface area contributed by atoms with E-state index < -0.39 is 21.1 Å². The number of benzene rings is 2. The van der Waals surface area contributed by atoms with Crippen molar-refractivity contribution in [2.75, 3.05) is 4.72 Å². The third kappa shape index (κ3) is 3.02. The number of rotatable bonds is 3. The summed E-state index contributed by atoms with van der Waals surface area (Å²) < 4.78 is 30.2. The summed E-state index contributed by atoms with van der Waals surface area (Å²) in [5.74, 6) is 0. The standard InChI is InChI=1S/C17H16ClN3O4S/c1-10-4-6-13(12(18)8-10)19-26(24,25)11-5-7-14-15(9-11)21(3)17(23)16(22)20(14)2/h4-9,19H,1-3H3. The molecule has 9 heteroatoms. The number of anilines is 1. The zero-order chi connectivity index (χ0) is 19.2. The molecule has 3 aromatic rings. The van der Waals surface area contributed by atoms with Crippen molar-refractivity contribution < 1.29 is 8.42 Å². The molecule has 0 saturated heterocycles. The minimum absolute atomic E-state index is 0.0460. The van der Waals surface area contributed by atoms with Crippen LogP contribution >= 0.6 is 11.6 Å². The Morgan fingerprint density at radius 3 is 2.15 bits per heavy atom. The maximum Gasteiger partial charge on any atom is 0.316 e. The van der Waals surface area contributed by atoms with Crippen LogP contribution in [0.4, 0.5) is 5.69 Å². The Morgan fingerprint density at radius 1 is 0.923 bits per heavy atom. The average molecular weight is 394 g/mol. The van der Waals surface area contributed by atoms with Gasteiger partial charge in [-0.25, -0.2) is 8.42 Å². The van der Waals surface area contributed by atoms with Gasteiger partial charge in [0.15, 0.2) is 0 Å². The molecule has 1 aromatic heterocycles. The SMILES string of the molecule is Cc1ccc(NS(=O)(=O)c2ccc3c(c2)n(C)c(=O)c(=O)n3C)c(Cl)c1. The Bertz CT molecular complexity index is 1260. The molecule has 0 aliphatic carbocycles. The highest BCUT2D eigenvalue weighted by molar-refractivity contribution is 7.92. The number of halogens is 1. The predicted octanol–water partition coefficient (Wildman–Crippen LogP) is 2.00. The summed E-state index contributed by atoms with van der Waals surface area (Å²) in [5, 5.41) is 0.282. The topological polar surface area (TPSA) is 90.2 Å². The second-order valence-corrected chi connectivity index (χ2v) is 8.06.